The number of rotatable bonds is 6. The SMILES string of the molecule is Oc1ccccc1-c1nc(-c2cccc(N(c3ccccc3)c3ccccn3)c2)ccc1-c1ccccc1. The summed E-state index contributed by atoms with van der Waals surface area (Å²) in [5.41, 5.74) is 7.23. The van der Waals surface area contributed by atoms with Gasteiger partial charge in [0.15, 0.2) is 0 Å². The van der Waals surface area contributed by atoms with Gasteiger partial charge in [0, 0.05) is 34.3 Å². The average Bonchev–Trinajstić information content (AvgIpc) is 2.99. The molecule has 6 aromatic rings. The number of pyridine rings is 2. The molecule has 38 heavy (non-hydrogen) atoms. The Morgan fingerprint density at radius 2 is 1.21 bits per heavy atom. The van der Waals surface area contributed by atoms with Gasteiger partial charge in [-0.1, -0.05) is 84.9 Å². The molecule has 1 N–H and O–H groups in total. The van der Waals surface area contributed by atoms with E-state index in [0.29, 0.717) is 5.56 Å². The number of anilines is 3. The number of hydrogen-bond donors (Lipinski definition) is 1. The van der Waals surface area contributed by atoms with E-state index in [4.69, 9.17) is 4.98 Å². The van der Waals surface area contributed by atoms with Crippen LogP contribution >= 0.6 is 0 Å². The zero-order valence-corrected chi connectivity index (χ0v) is 20.6. The van der Waals surface area contributed by atoms with Crippen molar-refractivity contribution in [3.05, 3.63) is 146 Å². The number of para-hydroxylation sites is 2. The lowest BCUT2D eigenvalue weighted by Crippen LogP contribution is -2.11. The summed E-state index contributed by atoms with van der Waals surface area (Å²) in [6, 6.07) is 46.0. The van der Waals surface area contributed by atoms with Crippen LogP contribution in [0.2, 0.25) is 0 Å². The van der Waals surface area contributed by atoms with Crippen molar-refractivity contribution in [1.29, 1.82) is 0 Å². The van der Waals surface area contributed by atoms with Crippen LogP contribution in [0.15, 0.2) is 146 Å². The smallest absolute Gasteiger partial charge is 0.137 e. The molecule has 2 aromatic heterocycles. The first-order valence-electron chi connectivity index (χ1n) is 12.5. The first-order chi connectivity index (χ1) is 18.8. The first kappa shape index (κ1) is 23.2. The third kappa shape index (κ3) is 4.63. The molecule has 4 aromatic carbocycles. The standard InChI is InChI=1S/C34H25N3O/c38-32-19-8-7-18-30(32)34-29(25-12-3-1-4-13-25)21-22-31(36-34)26-14-11-17-28(24-26)37(27-15-5-2-6-16-27)33-20-9-10-23-35-33/h1-24,38H. The minimum Gasteiger partial charge on any atom is -0.507 e. The normalized spacial score (nSPS) is 10.7. The lowest BCUT2D eigenvalue weighted by atomic mass is 9.97. The molecule has 4 heteroatoms. The molecule has 0 saturated heterocycles. The van der Waals surface area contributed by atoms with Gasteiger partial charge in [0.2, 0.25) is 0 Å². The molecule has 0 aliphatic heterocycles. The second-order valence-corrected chi connectivity index (χ2v) is 8.89. The third-order valence-corrected chi connectivity index (χ3v) is 6.43. The van der Waals surface area contributed by atoms with Crippen molar-refractivity contribution in [3.8, 4) is 39.4 Å². The number of aromatic nitrogens is 2. The van der Waals surface area contributed by atoms with Crippen LogP contribution in [0.1, 0.15) is 0 Å². The van der Waals surface area contributed by atoms with E-state index in [2.05, 4.69) is 58.4 Å². The van der Waals surface area contributed by atoms with Crippen molar-refractivity contribution in [3.63, 3.8) is 0 Å². The van der Waals surface area contributed by atoms with E-state index in [1.54, 1.807) is 12.3 Å². The van der Waals surface area contributed by atoms with Gasteiger partial charge in [0.05, 0.1) is 11.4 Å². The summed E-state index contributed by atoms with van der Waals surface area (Å²) in [5, 5.41) is 10.7. The van der Waals surface area contributed by atoms with E-state index in [0.717, 1.165) is 45.3 Å². The van der Waals surface area contributed by atoms with Crippen molar-refractivity contribution >= 4 is 17.2 Å². The molecule has 0 aliphatic carbocycles. The summed E-state index contributed by atoms with van der Waals surface area (Å²) >= 11 is 0. The van der Waals surface area contributed by atoms with E-state index in [9.17, 15) is 5.11 Å². The van der Waals surface area contributed by atoms with Crippen molar-refractivity contribution in [2.24, 2.45) is 0 Å². The van der Waals surface area contributed by atoms with Crippen LogP contribution < -0.4 is 4.90 Å². The highest BCUT2D eigenvalue weighted by atomic mass is 16.3. The number of nitrogens with zero attached hydrogens (tertiary/aromatic N) is 3. The largest absolute Gasteiger partial charge is 0.507 e. The quantitative estimate of drug-likeness (QED) is 0.253. The molecule has 0 unspecified atom stereocenters. The Labute approximate surface area is 222 Å². The number of aromatic hydroxyl groups is 1. The summed E-state index contributed by atoms with van der Waals surface area (Å²) in [4.78, 5) is 11.9. The molecule has 0 atom stereocenters. The maximum Gasteiger partial charge on any atom is 0.137 e. The maximum atomic E-state index is 10.7. The number of phenolic OH excluding ortho intramolecular Hbond substituents is 1. The predicted octanol–water partition coefficient (Wildman–Crippen LogP) is 8.65. The molecule has 0 saturated carbocycles. The van der Waals surface area contributed by atoms with E-state index in [1.807, 2.05) is 84.9 Å². The summed E-state index contributed by atoms with van der Waals surface area (Å²) < 4.78 is 0. The fourth-order valence-corrected chi connectivity index (χ4v) is 4.63. The van der Waals surface area contributed by atoms with E-state index < -0.39 is 0 Å². The van der Waals surface area contributed by atoms with Gasteiger partial charge in [-0.25, -0.2) is 9.97 Å². The monoisotopic (exact) mass is 491 g/mol. The number of benzene rings is 4. The fraction of sp³-hybridized carbons (Fsp3) is 0. The Morgan fingerprint density at radius 3 is 1.97 bits per heavy atom. The minimum atomic E-state index is 0.202. The van der Waals surface area contributed by atoms with Crippen LogP contribution in [0.4, 0.5) is 17.2 Å². The van der Waals surface area contributed by atoms with Gasteiger partial charge in [0.1, 0.15) is 11.6 Å². The number of hydrogen-bond acceptors (Lipinski definition) is 4. The molecule has 0 fully saturated rings. The van der Waals surface area contributed by atoms with Crippen molar-refractivity contribution in [2.75, 3.05) is 4.90 Å². The Morgan fingerprint density at radius 1 is 0.526 bits per heavy atom. The molecule has 0 amide bonds. The van der Waals surface area contributed by atoms with Crippen molar-refractivity contribution in [1.82, 2.24) is 9.97 Å². The van der Waals surface area contributed by atoms with Crippen molar-refractivity contribution < 1.29 is 5.11 Å². The molecule has 4 nitrogen and oxygen atoms in total. The average molecular weight is 492 g/mol. The summed E-state index contributed by atoms with van der Waals surface area (Å²) in [6.45, 7) is 0. The van der Waals surface area contributed by atoms with Gasteiger partial charge in [-0.15, -0.1) is 0 Å². The van der Waals surface area contributed by atoms with Crippen LogP contribution in [0, 0.1) is 0 Å². The molecule has 0 spiro atoms. The Balaban J connectivity index is 1.49. The highest BCUT2D eigenvalue weighted by molar-refractivity contribution is 5.86. The highest BCUT2D eigenvalue weighted by Gasteiger charge is 2.17. The molecule has 2 heterocycles. The molecular weight excluding hydrogens is 466 g/mol. The topological polar surface area (TPSA) is 49.3 Å². The molecular formula is C34H25N3O. The lowest BCUT2D eigenvalue weighted by molar-refractivity contribution is 0.477. The van der Waals surface area contributed by atoms with Crippen LogP contribution in [-0.4, -0.2) is 15.1 Å². The maximum absolute atomic E-state index is 10.7. The van der Waals surface area contributed by atoms with E-state index in [1.165, 1.54) is 0 Å². The Hall–Kier alpha value is -5.22. The van der Waals surface area contributed by atoms with Gasteiger partial charge < -0.3 is 5.11 Å². The van der Waals surface area contributed by atoms with Crippen LogP contribution in [0.5, 0.6) is 5.75 Å². The van der Waals surface area contributed by atoms with Gasteiger partial charge in [-0.2, -0.15) is 0 Å². The van der Waals surface area contributed by atoms with E-state index in [-0.39, 0.29) is 5.75 Å². The van der Waals surface area contributed by atoms with Gasteiger partial charge in [0.25, 0.3) is 0 Å². The highest BCUT2D eigenvalue weighted by Crippen LogP contribution is 2.39. The molecule has 182 valence electrons. The third-order valence-electron chi connectivity index (χ3n) is 6.43. The van der Waals surface area contributed by atoms with Gasteiger partial charge in [-0.3, -0.25) is 4.90 Å². The van der Waals surface area contributed by atoms with Crippen LogP contribution in [0.25, 0.3) is 33.6 Å². The summed E-state index contributed by atoms with van der Waals surface area (Å²) in [7, 11) is 0. The zero-order chi connectivity index (χ0) is 25.7. The Kier molecular flexibility index (Phi) is 6.35. The van der Waals surface area contributed by atoms with Crippen LogP contribution in [-0.2, 0) is 0 Å². The number of phenols is 1. The second kappa shape index (κ2) is 10.4. The van der Waals surface area contributed by atoms with Gasteiger partial charge in [-0.05, 0) is 60.2 Å². The van der Waals surface area contributed by atoms with Gasteiger partial charge >= 0.3 is 0 Å². The molecule has 0 radical (unpaired) electrons. The lowest BCUT2D eigenvalue weighted by Gasteiger charge is -2.24. The first-order valence-corrected chi connectivity index (χ1v) is 12.5. The molecule has 6 rings (SSSR count). The Bertz CT molecular complexity index is 1630. The zero-order valence-electron chi connectivity index (χ0n) is 20.6. The molecule has 0 aliphatic rings. The summed E-state index contributed by atoms with van der Waals surface area (Å²) in [5.74, 6) is 1.03. The predicted molar refractivity (Wildman–Crippen MR) is 155 cm³/mol. The van der Waals surface area contributed by atoms with Crippen LogP contribution in [0.3, 0.4) is 0 Å². The second-order valence-electron chi connectivity index (χ2n) is 8.89. The fourth-order valence-electron chi connectivity index (χ4n) is 4.63. The minimum absolute atomic E-state index is 0.202. The summed E-state index contributed by atoms with van der Waals surface area (Å²) in [6.07, 6.45) is 1.80. The molecule has 0 bridgehead atoms. The van der Waals surface area contributed by atoms with Crippen molar-refractivity contribution in [2.45, 2.75) is 0 Å². The van der Waals surface area contributed by atoms with E-state index >= 15 is 0 Å².